The largest absolute Gasteiger partial charge is 0.464 e. The molecule has 0 saturated carbocycles. The molecule has 9 heteroatoms. The summed E-state index contributed by atoms with van der Waals surface area (Å²) in [7, 11) is 1.27. The number of ether oxygens (including phenoxy) is 1. The van der Waals surface area contributed by atoms with Crippen molar-refractivity contribution in [3.8, 4) is 0 Å². The average Bonchev–Trinajstić information content (AvgIpc) is 3.11. The molecular weight excluding hydrogens is 346 g/mol. The number of nitrogens with one attached hydrogen (secondary N) is 1. The van der Waals surface area contributed by atoms with Crippen LogP contribution in [0.3, 0.4) is 0 Å². The highest BCUT2D eigenvalue weighted by Gasteiger charge is 2.26. The molecule has 0 bridgehead atoms. The standard InChI is InChI=1S/C16H22ClN5O3/c1-6-12(22-10(4)13(17)9(3)19-22)15(23)18-11-8-21(7-2)20-14(11)16(24)25-5/h8,12H,6-7H2,1-5H3,(H,18,23). The molecule has 0 aliphatic carbocycles. The van der Waals surface area contributed by atoms with Crippen molar-refractivity contribution in [2.24, 2.45) is 0 Å². The monoisotopic (exact) mass is 367 g/mol. The van der Waals surface area contributed by atoms with E-state index in [4.69, 9.17) is 16.3 Å². The number of carbonyl (C=O) groups is 2. The topological polar surface area (TPSA) is 91.0 Å². The van der Waals surface area contributed by atoms with E-state index in [0.29, 0.717) is 29.4 Å². The van der Waals surface area contributed by atoms with E-state index in [2.05, 4.69) is 15.5 Å². The van der Waals surface area contributed by atoms with Crippen molar-refractivity contribution in [2.75, 3.05) is 12.4 Å². The molecule has 0 saturated heterocycles. The van der Waals surface area contributed by atoms with Gasteiger partial charge in [-0.2, -0.15) is 10.2 Å². The molecule has 25 heavy (non-hydrogen) atoms. The van der Waals surface area contributed by atoms with Gasteiger partial charge in [-0.25, -0.2) is 4.79 Å². The second-order valence-corrected chi connectivity index (χ2v) is 5.96. The number of amides is 1. The number of carbonyl (C=O) groups excluding carboxylic acids is 2. The smallest absolute Gasteiger partial charge is 0.360 e. The van der Waals surface area contributed by atoms with E-state index in [1.807, 2.05) is 20.8 Å². The Hall–Kier alpha value is -2.35. The Kier molecular flexibility index (Phi) is 5.84. The van der Waals surface area contributed by atoms with E-state index < -0.39 is 12.0 Å². The number of esters is 1. The lowest BCUT2D eigenvalue weighted by Crippen LogP contribution is -2.27. The number of hydrogen-bond donors (Lipinski definition) is 1. The number of aryl methyl sites for hydroxylation is 2. The fraction of sp³-hybridized carbons (Fsp3) is 0.500. The first kappa shape index (κ1) is 19.0. The molecule has 1 amide bonds. The first-order valence-electron chi connectivity index (χ1n) is 8.01. The third-order valence-electron chi connectivity index (χ3n) is 3.94. The van der Waals surface area contributed by atoms with Crippen molar-refractivity contribution in [1.82, 2.24) is 19.6 Å². The third kappa shape index (κ3) is 3.68. The van der Waals surface area contributed by atoms with E-state index in [-0.39, 0.29) is 11.6 Å². The van der Waals surface area contributed by atoms with Crippen molar-refractivity contribution in [3.63, 3.8) is 0 Å². The van der Waals surface area contributed by atoms with Gasteiger partial charge in [0, 0.05) is 12.7 Å². The Labute approximate surface area is 151 Å². The summed E-state index contributed by atoms with van der Waals surface area (Å²) < 4.78 is 7.89. The van der Waals surface area contributed by atoms with Crippen LogP contribution in [0.2, 0.25) is 5.02 Å². The molecule has 0 aliphatic heterocycles. The average molecular weight is 368 g/mol. The van der Waals surface area contributed by atoms with Crippen LogP contribution in [0.4, 0.5) is 5.69 Å². The van der Waals surface area contributed by atoms with E-state index in [0.717, 1.165) is 5.69 Å². The Morgan fingerprint density at radius 2 is 2.00 bits per heavy atom. The van der Waals surface area contributed by atoms with Crippen molar-refractivity contribution in [3.05, 3.63) is 28.3 Å². The Morgan fingerprint density at radius 1 is 1.32 bits per heavy atom. The van der Waals surface area contributed by atoms with Gasteiger partial charge < -0.3 is 10.1 Å². The van der Waals surface area contributed by atoms with Crippen LogP contribution in [0, 0.1) is 13.8 Å². The summed E-state index contributed by atoms with van der Waals surface area (Å²) in [6.45, 7) is 7.92. The van der Waals surface area contributed by atoms with Crippen molar-refractivity contribution >= 4 is 29.2 Å². The van der Waals surface area contributed by atoms with Crippen molar-refractivity contribution in [1.29, 1.82) is 0 Å². The van der Waals surface area contributed by atoms with Gasteiger partial charge in [0.1, 0.15) is 6.04 Å². The van der Waals surface area contributed by atoms with E-state index >= 15 is 0 Å². The molecule has 1 N–H and O–H groups in total. The lowest BCUT2D eigenvalue weighted by molar-refractivity contribution is -0.119. The van der Waals surface area contributed by atoms with Gasteiger partial charge >= 0.3 is 5.97 Å². The van der Waals surface area contributed by atoms with Crippen LogP contribution in [-0.4, -0.2) is 38.5 Å². The molecule has 136 valence electrons. The molecule has 2 heterocycles. The van der Waals surface area contributed by atoms with Gasteiger partial charge in [-0.3, -0.25) is 14.2 Å². The first-order chi connectivity index (χ1) is 11.8. The molecule has 0 aliphatic rings. The van der Waals surface area contributed by atoms with Gasteiger partial charge in [0.25, 0.3) is 0 Å². The van der Waals surface area contributed by atoms with Gasteiger partial charge in [0.05, 0.1) is 29.2 Å². The normalized spacial score (nSPS) is 12.1. The van der Waals surface area contributed by atoms with Gasteiger partial charge in [0.15, 0.2) is 5.69 Å². The predicted octanol–water partition coefficient (Wildman–Crippen LogP) is 2.75. The van der Waals surface area contributed by atoms with Crippen LogP contribution < -0.4 is 5.32 Å². The summed E-state index contributed by atoms with van der Waals surface area (Å²) in [6, 6.07) is -0.554. The van der Waals surface area contributed by atoms with Crippen molar-refractivity contribution in [2.45, 2.75) is 46.7 Å². The minimum atomic E-state index is -0.607. The highest BCUT2D eigenvalue weighted by atomic mass is 35.5. The lowest BCUT2D eigenvalue weighted by Gasteiger charge is -2.17. The Morgan fingerprint density at radius 3 is 2.48 bits per heavy atom. The van der Waals surface area contributed by atoms with Gasteiger partial charge in [-0.05, 0) is 27.2 Å². The summed E-state index contributed by atoms with van der Waals surface area (Å²) in [5.74, 6) is -0.907. The van der Waals surface area contributed by atoms with Gasteiger partial charge in [-0.15, -0.1) is 0 Å². The van der Waals surface area contributed by atoms with Crippen LogP contribution in [0.1, 0.15) is 48.2 Å². The van der Waals surface area contributed by atoms with Crippen molar-refractivity contribution < 1.29 is 14.3 Å². The number of methoxy groups -OCH3 is 1. The maximum absolute atomic E-state index is 12.8. The molecule has 0 spiro atoms. The van der Waals surface area contributed by atoms with Gasteiger partial charge in [0.2, 0.25) is 5.91 Å². The zero-order chi connectivity index (χ0) is 18.7. The summed E-state index contributed by atoms with van der Waals surface area (Å²) >= 11 is 6.18. The molecule has 2 rings (SSSR count). The number of hydrogen-bond acceptors (Lipinski definition) is 5. The number of nitrogens with zero attached hydrogens (tertiary/aromatic N) is 4. The third-order valence-corrected chi connectivity index (χ3v) is 4.49. The lowest BCUT2D eigenvalue weighted by atomic mass is 10.2. The molecule has 2 aromatic rings. The molecule has 1 atom stereocenters. The highest BCUT2D eigenvalue weighted by Crippen LogP contribution is 2.25. The summed E-state index contributed by atoms with van der Waals surface area (Å²) in [5, 5.41) is 11.8. The maximum atomic E-state index is 12.8. The Balaban J connectivity index is 2.32. The van der Waals surface area contributed by atoms with E-state index in [1.54, 1.807) is 22.5 Å². The van der Waals surface area contributed by atoms with Crippen LogP contribution in [0.25, 0.3) is 0 Å². The molecule has 8 nitrogen and oxygen atoms in total. The maximum Gasteiger partial charge on any atom is 0.360 e. The molecule has 0 radical (unpaired) electrons. The summed E-state index contributed by atoms with van der Waals surface area (Å²) in [4.78, 5) is 24.6. The summed E-state index contributed by atoms with van der Waals surface area (Å²) in [6.07, 6.45) is 2.12. The fourth-order valence-electron chi connectivity index (χ4n) is 2.55. The van der Waals surface area contributed by atoms with Crippen LogP contribution in [0.15, 0.2) is 6.20 Å². The second kappa shape index (κ2) is 7.69. The van der Waals surface area contributed by atoms with Crippen LogP contribution in [-0.2, 0) is 16.1 Å². The number of anilines is 1. The molecule has 2 aromatic heterocycles. The zero-order valence-electron chi connectivity index (χ0n) is 15.0. The van der Waals surface area contributed by atoms with Gasteiger partial charge in [-0.1, -0.05) is 18.5 Å². The SMILES string of the molecule is CCC(C(=O)Nc1cn(CC)nc1C(=O)OC)n1nc(C)c(Cl)c1C. The minimum absolute atomic E-state index is 0.0685. The number of aromatic nitrogens is 4. The number of rotatable bonds is 6. The van der Waals surface area contributed by atoms with E-state index in [9.17, 15) is 9.59 Å². The number of halogens is 1. The quantitative estimate of drug-likeness (QED) is 0.792. The van der Waals surface area contributed by atoms with Crippen LogP contribution in [0.5, 0.6) is 0 Å². The van der Waals surface area contributed by atoms with E-state index in [1.165, 1.54) is 7.11 Å². The molecule has 1 unspecified atom stereocenters. The summed E-state index contributed by atoms with van der Waals surface area (Å²) in [5.41, 5.74) is 1.77. The fourth-order valence-corrected chi connectivity index (χ4v) is 2.68. The van der Waals surface area contributed by atoms with Crippen LogP contribution >= 0.6 is 11.6 Å². The Bertz CT molecular complexity index is 796. The zero-order valence-corrected chi connectivity index (χ0v) is 15.7. The second-order valence-electron chi connectivity index (χ2n) is 5.58. The minimum Gasteiger partial charge on any atom is -0.464 e. The first-order valence-corrected chi connectivity index (χ1v) is 8.39. The molecule has 0 fully saturated rings. The molecule has 0 aromatic carbocycles. The highest BCUT2D eigenvalue weighted by molar-refractivity contribution is 6.31. The predicted molar refractivity (Wildman–Crippen MR) is 93.9 cm³/mol. The molecular formula is C16H22ClN5O3.